The highest BCUT2D eigenvalue weighted by atomic mass is 16.5. The Bertz CT molecular complexity index is 617. The summed E-state index contributed by atoms with van der Waals surface area (Å²) >= 11 is 0. The van der Waals surface area contributed by atoms with Crippen molar-refractivity contribution in [1.82, 2.24) is 10.2 Å². The van der Waals surface area contributed by atoms with Crippen molar-refractivity contribution in [3.63, 3.8) is 0 Å². The highest BCUT2D eigenvalue weighted by molar-refractivity contribution is 5.80. The van der Waals surface area contributed by atoms with Gasteiger partial charge in [0.15, 0.2) is 5.96 Å². The van der Waals surface area contributed by atoms with Crippen molar-refractivity contribution in [3.05, 3.63) is 29.3 Å². The first-order valence-corrected chi connectivity index (χ1v) is 9.94. The van der Waals surface area contributed by atoms with E-state index in [9.17, 15) is 4.79 Å². The lowest BCUT2D eigenvalue weighted by Gasteiger charge is -2.33. The number of nitrogens with zero attached hydrogens (tertiary/aromatic N) is 2. The van der Waals surface area contributed by atoms with Crippen LogP contribution in [0.2, 0.25) is 0 Å². The van der Waals surface area contributed by atoms with E-state index < -0.39 is 0 Å². The van der Waals surface area contributed by atoms with Gasteiger partial charge in [0.25, 0.3) is 0 Å². The van der Waals surface area contributed by atoms with Crippen LogP contribution < -0.4 is 10.1 Å². The van der Waals surface area contributed by atoms with E-state index in [4.69, 9.17) is 14.5 Å². The molecule has 0 bridgehead atoms. The van der Waals surface area contributed by atoms with Crippen LogP contribution in [0.15, 0.2) is 23.2 Å². The Morgan fingerprint density at radius 3 is 2.44 bits per heavy atom. The van der Waals surface area contributed by atoms with Crippen LogP contribution in [0.1, 0.15) is 37.8 Å². The fourth-order valence-electron chi connectivity index (χ4n) is 3.34. The van der Waals surface area contributed by atoms with Gasteiger partial charge in [-0.05, 0) is 63.8 Å². The minimum absolute atomic E-state index is 0.0111. The average Bonchev–Trinajstić information content (AvgIpc) is 2.64. The van der Waals surface area contributed by atoms with Crippen LogP contribution in [-0.2, 0) is 9.53 Å². The number of aliphatic imine (C=N–C) groups is 1. The third kappa shape index (κ3) is 6.77. The van der Waals surface area contributed by atoms with Crippen molar-refractivity contribution in [2.24, 2.45) is 10.9 Å². The Morgan fingerprint density at radius 1 is 1.19 bits per heavy atom. The summed E-state index contributed by atoms with van der Waals surface area (Å²) in [5, 5.41) is 3.34. The van der Waals surface area contributed by atoms with Gasteiger partial charge in [-0.15, -0.1) is 0 Å². The van der Waals surface area contributed by atoms with E-state index in [-0.39, 0.29) is 11.9 Å². The molecule has 0 unspecified atom stereocenters. The third-order valence-corrected chi connectivity index (χ3v) is 4.57. The van der Waals surface area contributed by atoms with Gasteiger partial charge in [-0.2, -0.15) is 0 Å². The molecule has 1 aliphatic rings. The number of hydrogen-bond acceptors (Lipinski definition) is 4. The summed E-state index contributed by atoms with van der Waals surface area (Å²) in [6.07, 6.45) is 1.62. The number of ether oxygens (including phenoxy) is 2. The quantitative estimate of drug-likeness (QED) is 0.344. The Morgan fingerprint density at radius 2 is 1.85 bits per heavy atom. The lowest BCUT2D eigenvalue weighted by atomic mass is 9.97. The summed E-state index contributed by atoms with van der Waals surface area (Å²) in [6.45, 7) is 12.1. The van der Waals surface area contributed by atoms with Gasteiger partial charge in [0.2, 0.25) is 0 Å². The fraction of sp³-hybridized carbons (Fsp3) is 0.619. The molecule has 0 aromatic heterocycles. The maximum atomic E-state index is 11.9. The van der Waals surface area contributed by atoms with Gasteiger partial charge < -0.3 is 19.7 Å². The Hall–Kier alpha value is -2.24. The normalized spacial score (nSPS) is 15.6. The first-order chi connectivity index (χ1) is 13.0. The molecule has 0 spiro atoms. The molecule has 1 fully saturated rings. The van der Waals surface area contributed by atoms with Crippen LogP contribution in [-0.4, -0.2) is 56.2 Å². The number of guanidine groups is 1. The number of piperidine rings is 1. The molecule has 150 valence electrons. The van der Waals surface area contributed by atoms with Crippen LogP contribution in [0, 0.1) is 19.8 Å². The second kappa shape index (κ2) is 10.8. The SMILES string of the molecule is CCNC(=NCCOc1cc(C)cc(C)c1)N1CCC(C(=O)OCC)CC1. The molecule has 1 N–H and O–H groups in total. The van der Waals surface area contributed by atoms with Crippen LogP contribution in [0.25, 0.3) is 0 Å². The summed E-state index contributed by atoms with van der Waals surface area (Å²) in [4.78, 5) is 18.8. The first-order valence-electron chi connectivity index (χ1n) is 9.94. The van der Waals surface area contributed by atoms with Crippen molar-refractivity contribution >= 4 is 11.9 Å². The Labute approximate surface area is 162 Å². The van der Waals surface area contributed by atoms with Gasteiger partial charge >= 0.3 is 5.97 Å². The van der Waals surface area contributed by atoms with Crippen molar-refractivity contribution in [1.29, 1.82) is 0 Å². The van der Waals surface area contributed by atoms with Crippen LogP contribution in [0.3, 0.4) is 0 Å². The molecule has 1 aliphatic heterocycles. The van der Waals surface area contributed by atoms with Crippen molar-refractivity contribution in [2.45, 2.75) is 40.5 Å². The lowest BCUT2D eigenvalue weighted by Crippen LogP contribution is -2.46. The summed E-state index contributed by atoms with van der Waals surface area (Å²) in [5.74, 6) is 1.73. The molecule has 0 saturated carbocycles. The summed E-state index contributed by atoms with van der Waals surface area (Å²) in [6, 6.07) is 6.22. The minimum atomic E-state index is -0.0686. The molecule has 1 aromatic carbocycles. The zero-order valence-corrected chi connectivity index (χ0v) is 17.1. The van der Waals surface area contributed by atoms with E-state index in [0.29, 0.717) is 19.8 Å². The number of esters is 1. The number of benzene rings is 1. The molecule has 1 heterocycles. The number of aryl methyl sites for hydroxylation is 2. The number of rotatable bonds is 7. The zero-order chi connectivity index (χ0) is 19.6. The maximum absolute atomic E-state index is 11.9. The number of nitrogens with one attached hydrogen (secondary N) is 1. The maximum Gasteiger partial charge on any atom is 0.309 e. The largest absolute Gasteiger partial charge is 0.492 e. The van der Waals surface area contributed by atoms with Gasteiger partial charge in [0, 0.05) is 19.6 Å². The van der Waals surface area contributed by atoms with Gasteiger partial charge in [-0.25, -0.2) is 4.99 Å². The summed E-state index contributed by atoms with van der Waals surface area (Å²) in [5.41, 5.74) is 2.40. The van der Waals surface area contributed by atoms with E-state index in [1.54, 1.807) is 0 Å². The smallest absolute Gasteiger partial charge is 0.309 e. The molecule has 27 heavy (non-hydrogen) atoms. The second-order valence-electron chi connectivity index (χ2n) is 6.92. The molecular weight excluding hydrogens is 342 g/mol. The Balaban J connectivity index is 1.84. The number of hydrogen-bond donors (Lipinski definition) is 1. The predicted octanol–water partition coefficient (Wildman–Crippen LogP) is 2.92. The van der Waals surface area contributed by atoms with Crippen molar-refractivity contribution < 1.29 is 14.3 Å². The molecule has 1 saturated heterocycles. The van der Waals surface area contributed by atoms with E-state index in [2.05, 4.69) is 37.1 Å². The van der Waals surface area contributed by atoms with Crippen LogP contribution >= 0.6 is 0 Å². The highest BCUT2D eigenvalue weighted by Gasteiger charge is 2.27. The van der Waals surface area contributed by atoms with E-state index >= 15 is 0 Å². The third-order valence-electron chi connectivity index (χ3n) is 4.57. The number of carbonyl (C=O) groups is 1. The molecule has 0 amide bonds. The average molecular weight is 376 g/mol. The molecule has 0 radical (unpaired) electrons. The molecule has 1 aromatic rings. The van der Waals surface area contributed by atoms with Crippen molar-refractivity contribution in [3.8, 4) is 5.75 Å². The van der Waals surface area contributed by atoms with Crippen LogP contribution in [0.4, 0.5) is 0 Å². The molecule has 0 atom stereocenters. The van der Waals surface area contributed by atoms with Gasteiger partial charge in [0.05, 0.1) is 19.1 Å². The molecule has 6 heteroatoms. The predicted molar refractivity (Wildman–Crippen MR) is 108 cm³/mol. The monoisotopic (exact) mass is 375 g/mol. The van der Waals surface area contributed by atoms with Gasteiger partial charge in [0.1, 0.15) is 12.4 Å². The zero-order valence-electron chi connectivity index (χ0n) is 17.1. The fourth-order valence-corrected chi connectivity index (χ4v) is 3.34. The highest BCUT2D eigenvalue weighted by Crippen LogP contribution is 2.19. The first kappa shape index (κ1) is 21.1. The topological polar surface area (TPSA) is 63.2 Å². The summed E-state index contributed by atoms with van der Waals surface area (Å²) < 4.78 is 11.0. The number of likely N-dealkylation sites (tertiary alicyclic amines) is 1. The van der Waals surface area contributed by atoms with Gasteiger partial charge in [-0.1, -0.05) is 6.07 Å². The van der Waals surface area contributed by atoms with Gasteiger partial charge in [-0.3, -0.25) is 4.79 Å². The van der Waals surface area contributed by atoms with E-state index in [0.717, 1.165) is 44.2 Å². The van der Waals surface area contributed by atoms with E-state index in [1.807, 2.05) is 19.1 Å². The van der Waals surface area contributed by atoms with Crippen molar-refractivity contribution in [2.75, 3.05) is 39.4 Å². The van der Waals surface area contributed by atoms with Crippen LogP contribution in [0.5, 0.6) is 5.75 Å². The standard InChI is InChI=1S/C21H33N3O3/c1-5-22-21(24-10-7-18(8-11-24)20(25)26-6-2)23-9-12-27-19-14-16(3)13-17(4)15-19/h13-15,18H,5-12H2,1-4H3,(H,22,23). The lowest BCUT2D eigenvalue weighted by molar-refractivity contribution is -0.149. The number of carbonyl (C=O) groups excluding carboxylic acids is 1. The molecule has 0 aliphatic carbocycles. The molecular formula is C21H33N3O3. The molecule has 2 rings (SSSR count). The molecule has 6 nitrogen and oxygen atoms in total. The van der Waals surface area contributed by atoms with E-state index in [1.165, 1.54) is 11.1 Å². The Kier molecular flexibility index (Phi) is 8.43. The summed E-state index contributed by atoms with van der Waals surface area (Å²) in [7, 11) is 0. The minimum Gasteiger partial charge on any atom is -0.492 e. The second-order valence-corrected chi connectivity index (χ2v) is 6.92.